The minimum Gasteiger partial charge on any atom is -0.0804 e. The highest BCUT2D eigenvalue weighted by molar-refractivity contribution is 5.71. The van der Waals surface area contributed by atoms with Crippen molar-refractivity contribution in [2.75, 3.05) is 0 Å². The van der Waals surface area contributed by atoms with E-state index in [1.807, 2.05) is 0 Å². The standard InChI is InChI=1S/C35H50/c1-3-5-7-9-11-29-14-18-31(19-15-29)33-22-26-35(27-23-33)34-24-20-32(21-25-34)30-16-12-28(13-17-30)10-8-6-4-2/h18,20-30H,3-17,19H2,1-2H3. The van der Waals surface area contributed by atoms with Gasteiger partial charge in [0.25, 0.3) is 0 Å². The molecule has 0 saturated heterocycles. The molecule has 1 atom stereocenters. The fourth-order valence-corrected chi connectivity index (χ4v) is 6.56. The molecule has 190 valence electrons. The van der Waals surface area contributed by atoms with E-state index in [1.54, 1.807) is 11.1 Å². The largest absolute Gasteiger partial charge is 0.0804 e. The number of allylic oxidation sites excluding steroid dienone is 2. The summed E-state index contributed by atoms with van der Waals surface area (Å²) < 4.78 is 0. The smallest absolute Gasteiger partial charge is 0.0162 e. The maximum absolute atomic E-state index is 2.54. The molecule has 4 rings (SSSR count). The summed E-state index contributed by atoms with van der Waals surface area (Å²) in [7, 11) is 0. The van der Waals surface area contributed by atoms with Crippen LogP contribution in [-0.4, -0.2) is 0 Å². The third kappa shape index (κ3) is 7.83. The van der Waals surface area contributed by atoms with Crippen LogP contribution in [-0.2, 0) is 0 Å². The second-order valence-corrected chi connectivity index (χ2v) is 11.6. The number of hydrogen-bond acceptors (Lipinski definition) is 0. The van der Waals surface area contributed by atoms with Crippen LogP contribution in [0.25, 0.3) is 16.7 Å². The third-order valence-electron chi connectivity index (χ3n) is 9.02. The SMILES string of the molecule is CCCCCCC1CC=C(c2ccc(-c3ccc(C4CCC(CCCCC)CC4)cc3)cc2)CC1. The zero-order valence-corrected chi connectivity index (χ0v) is 22.7. The molecule has 35 heavy (non-hydrogen) atoms. The Morgan fingerprint density at radius 1 is 0.571 bits per heavy atom. The van der Waals surface area contributed by atoms with Crippen LogP contribution in [0.2, 0.25) is 0 Å². The van der Waals surface area contributed by atoms with Gasteiger partial charge < -0.3 is 0 Å². The summed E-state index contributed by atoms with van der Waals surface area (Å²) in [6.45, 7) is 4.62. The number of rotatable bonds is 12. The molecule has 2 aromatic carbocycles. The van der Waals surface area contributed by atoms with E-state index in [-0.39, 0.29) is 0 Å². The van der Waals surface area contributed by atoms with Crippen LogP contribution in [0.3, 0.4) is 0 Å². The molecule has 2 aliphatic rings. The summed E-state index contributed by atoms with van der Waals surface area (Å²) in [4.78, 5) is 0. The normalized spacial score (nSPS) is 22.7. The molecular weight excluding hydrogens is 420 g/mol. The highest BCUT2D eigenvalue weighted by atomic mass is 14.3. The predicted molar refractivity (Wildman–Crippen MR) is 155 cm³/mol. The first-order chi connectivity index (χ1) is 17.3. The van der Waals surface area contributed by atoms with Gasteiger partial charge in [-0.05, 0) is 90.5 Å². The van der Waals surface area contributed by atoms with Crippen LogP contribution in [0.15, 0.2) is 54.6 Å². The van der Waals surface area contributed by atoms with E-state index in [2.05, 4.69) is 68.5 Å². The maximum atomic E-state index is 2.54. The zero-order chi connectivity index (χ0) is 24.3. The average molecular weight is 471 g/mol. The number of benzene rings is 2. The van der Waals surface area contributed by atoms with Gasteiger partial charge >= 0.3 is 0 Å². The van der Waals surface area contributed by atoms with Gasteiger partial charge in [0.05, 0.1) is 0 Å². The lowest BCUT2D eigenvalue weighted by atomic mass is 9.77. The Balaban J connectivity index is 1.26. The van der Waals surface area contributed by atoms with Crippen LogP contribution in [0, 0.1) is 11.8 Å². The van der Waals surface area contributed by atoms with Gasteiger partial charge in [0.2, 0.25) is 0 Å². The number of unbranched alkanes of at least 4 members (excludes halogenated alkanes) is 5. The molecule has 0 heterocycles. The van der Waals surface area contributed by atoms with Crippen molar-refractivity contribution in [1.82, 2.24) is 0 Å². The molecule has 2 aromatic rings. The summed E-state index contributed by atoms with van der Waals surface area (Å²) >= 11 is 0. The Bertz CT molecular complexity index is 877. The summed E-state index contributed by atoms with van der Waals surface area (Å²) in [6, 6.07) is 18.9. The number of hydrogen-bond donors (Lipinski definition) is 0. The lowest BCUT2D eigenvalue weighted by Crippen LogP contribution is -2.13. The first-order valence-corrected chi connectivity index (χ1v) is 15.2. The minimum absolute atomic E-state index is 0.780. The Labute approximate surface area is 216 Å². The molecule has 0 bridgehead atoms. The molecule has 0 heteroatoms. The maximum Gasteiger partial charge on any atom is -0.0162 e. The Morgan fingerprint density at radius 3 is 1.77 bits per heavy atom. The van der Waals surface area contributed by atoms with Crippen LogP contribution >= 0.6 is 0 Å². The quantitative estimate of drug-likeness (QED) is 0.270. The monoisotopic (exact) mass is 470 g/mol. The van der Waals surface area contributed by atoms with Crippen molar-refractivity contribution in [2.24, 2.45) is 11.8 Å². The Hall–Kier alpha value is -1.82. The van der Waals surface area contributed by atoms with Gasteiger partial charge in [-0.3, -0.25) is 0 Å². The predicted octanol–water partition coefficient (Wildman–Crippen LogP) is 11.4. The second kappa shape index (κ2) is 14.1. The van der Waals surface area contributed by atoms with Gasteiger partial charge in [-0.2, -0.15) is 0 Å². The first-order valence-electron chi connectivity index (χ1n) is 15.2. The highest BCUT2D eigenvalue weighted by Gasteiger charge is 2.22. The van der Waals surface area contributed by atoms with Gasteiger partial charge in [-0.15, -0.1) is 0 Å². The van der Waals surface area contributed by atoms with Crippen LogP contribution in [0.5, 0.6) is 0 Å². The molecule has 0 aromatic heterocycles. The highest BCUT2D eigenvalue weighted by Crippen LogP contribution is 2.38. The molecule has 2 aliphatic carbocycles. The summed E-state index contributed by atoms with van der Waals surface area (Å²) in [6.07, 6.45) is 24.8. The minimum atomic E-state index is 0.780. The van der Waals surface area contributed by atoms with Gasteiger partial charge in [0.1, 0.15) is 0 Å². The molecule has 0 N–H and O–H groups in total. The second-order valence-electron chi connectivity index (χ2n) is 11.6. The molecule has 0 amide bonds. The van der Waals surface area contributed by atoms with Gasteiger partial charge in [0, 0.05) is 0 Å². The molecule has 0 nitrogen and oxygen atoms in total. The topological polar surface area (TPSA) is 0 Å². The molecule has 0 spiro atoms. The van der Waals surface area contributed by atoms with E-state index in [4.69, 9.17) is 0 Å². The van der Waals surface area contributed by atoms with E-state index in [0.29, 0.717) is 0 Å². The third-order valence-corrected chi connectivity index (χ3v) is 9.02. The first kappa shape index (κ1) is 26.2. The Morgan fingerprint density at radius 2 is 1.14 bits per heavy atom. The van der Waals surface area contributed by atoms with Crippen molar-refractivity contribution in [1.29, 1.82) is 0 Å². The Kier molecular flexibility index (Phi) is 10.5. The van der Waals surface area contributed by atoms with Gasteiger partial charge in [-0.25, -0.2) is 0 Å². The molecule has 1 fully saturated rings. The van der Waals surface area contributed by atoms with Crippen LogP contribution < -0.4 is 0 Å². The van der Waals surface area contributed by atoms with Gasteiger partial charge in [0.15, 0.2) is 0 Å². The van der Waals surface area contributed by atoms with E-state index in [9.17, 15) is 0 Å². The van der Waals surface area contributed by atoms with Gasteiger partial charge in [-0.1, -0.05) is 126 Å². The van der Waals surface area contributed by atoms with Crippen LogP contribution in [0.4, 0.5) is 0 Å². The average Bonchev–Trinajstić information content (AvgIpc) is 2.92. The molecular formula is C35H50. The van der Waals surface area contributed by atoms with Crippen LogP contribution in [0.1, 0.15) is 134 Å². The van der Waals surface area contributed by atoms with E-state index < -0.39 is 0 Å². The van der Waals surface area contributed by atoms with Crippen molar-refractivity contribution >= 4 is 5.57 Å². The van der Waals surface area contributed by atoms with Crippen molar-refractivity contribution in [3.8, 4) is 11.1 Å². The lowest BCUT2D eigenvalue weighted by molar-refractivity contribution is 0.303. The van der Waals surface area contributed by atoms with E-state index >= 15 is 0 Å². The fourth-order valence-electron chi connectivity index (χ4n) is 6.56. The summed E-state index contributed by atoms with van der Waals surface area (Å²) in [5.41, 5.74) is 7.28. The molecule has 1 unspecified atom stereocenters. The van der Waals surface area contributed by atoms with Crippen molar-refractivity contribution < 1.29 is 0 Å². The molecule has 1 saturated carbocycles. The van der Waals surface area contributed by atoms with Crippen molar-refractivity contribution in [3.05, 3.63) is 65.7 Å². The molecule has 0 radical (unpaired) electrons. The van der Waals surface area contributed by atoms with E-state index in [1.165, 1.54) is 119 Å². The van der Waals surface area contributed by atoms with E-state index in [0.717, 1.165) is 17.8 Å². The zero-order valence-electron chi connectivity index (χ0n) is 22.7. The van der Waals surface area contributed by atoms with Crippen molar-refractivity contribution in [3.63, 3.8) is 0 Å². The van der Waals surface area contributed by atoms with Crippen molar-refractivity contribution in [2.45, 2.75) is 122 Å². The fraction of sp³-hybridized carbons (Fsp3) is 0.600. The molecule has 0 aliphatic heterocycles. The summed E-state index contributed by atoms with van der Waals surface area (Å²) in [5.74, 6) is 2.69. The summed E-state index contributed by atoms with van der Waals surface area (Å²) in [5, 5.41) is 0. The lowest BCUT2D eigenvalue weighted by Gasteiger charge is -2.29.